The number of hydrogen-bond acceptors (Lipinski definition) is 21. The Hall–Kier alpha value is -12.5. The van der Waals surface area contributed by atoms with Crippen LogP contribution in [0.15, 0.2) is 178 Å². The maximum atomic E-state index is 13.5. The SMILES string of the molecule is Cc1ccc2c(Cl)nccc2c1Nc1ncccc1-c1ncnc2[nH]ncc12.Cc1ccc2c(Nc3ccc(C#N)cc3)nccc2c1Nc1ncccc1-c1ncnc2[nH]ncc12.Clc1ncnc2[nH]ncc12.Fc1ncccc1-c1ncnc2[nH]ncc12. The van der Waals surface area contributed by atoms with Crippen molar-refractivity contribution in [2.45, 2.75) is 13.8 Å². The average molecular weight is 1230 g/mol. The third kappa shape index (κ3) is 11.6. The van der Waals surface area contributed by atoms with Gasteiger partial charge < -0.3 is 16.0 Å². The summed E-state index contributed by atoms with van der Waals surface area (Å²) in [7, 11) is 0. The van der Waals surface area contributed by atoms with E-state index in [0.29, 0.717) is 66.7 Å². The van der Waals surface area contributed by atoms with Crippen LogP contribution < -0.4 is 16.0 Å². The number of fused-ring (bicyclic) bond motifs is 6. The number of nitrogens with zero attached hydrogens (tertiary/aromatic N) is 18. The Morgan fingerprint density at radius 3 is 1.34 bits per heavy atom. The van der Waals surface area contributed by atoms with Gasteiger partial charge in [0.1, 0.15) is 53.1 Å². The molecule has 0 amide bonds. The Kier molecular flexibility index (Phi) is 15.9. The van der Waals surface area contributed by atoms with Crippen LogP contribution in [-0.2, 0) is 0 Å². The van der Waals surface area contributed by atoms with E-state index in [0.717, 1.165) is 94.2 Å². The highest BCUT2D eigenvalue weighted by molar-refractivity contribution is 6.35. The third-order valence-corrected chi connectivity index (χ3v) is 14.7. The molecule has 436 valence electrons. The van der Waals surface area contributed by atoms with Crippen LogP contribution in [0.5, 0.6) is 0 Å². The Morgan fingerprint density at radius 1 is 0.389 bits per heavy atom. The fourth-order valence-corrected chi connectivity index (χ4v) is 10.2. The molecule has 0 aliphatic heterocycles. The first kappa shape index (κ1) is 56.6. The first-order valence-electron chi connectivity index (χ1n) is 27.1. The van der Waals surface area contributed by atoms with Gasteiger partial charge in [0.05, 0.1) is 92.0 Å². The van der Waals surface area contributed by atoms with E-state index in [1.54, 1.807) is 73.8 Å². The molecule has 0 aliphatic carbocycles. The van der Waals surface area contributed by atoms with Gasteiger partial charge in [0.2, 0.25) is 5.95 Å². The maximum absolute atomic E-state index is 13.5. The van der Waals surface area contributed by atoms with Crippen LogP contribution in [0.3, 0.4) is 0 Å². The van der Waals surface area contributed by atoms with E-state index in [1.165, 1.54) is 31.5 Å². The molecule has 0 unspecified atom stereocenters. The number of benzene rings is 3. The molecule has 13 aromatic heterocycles. The topological polar surface area (TPSA) is 342 Å². The molecule has 90 heavy (non-hydrogen) atoms. The van der Waals surface area contributed by atoms with Crippen LogP contribution in [0.2, 0.25) is 10.3 Å². The number of anilines is 6. The molecule has 0 radical (unpaired) electrons. The van der Waals surface area contributed by atoms with E-state index >= 15 is 0 Å². The molecule has 0 fully saturated rings. The molecule has 0 saturated carbocycles. The minimum atomic E-state index is -0.552. The molecule has 0 spiro atoms. The fraction of sp³-hybridized carbons (Fsp3) is 0.0323. The smallest absolute Gasteiger partial charge is 0.222 e. The second kappa shape index (κ2) is 25.2. The Balaban J connectivity index is 0.000000121. The number of aromatic nitrogens is 21. The molecular formula is C62H42Cl2FN25. The molecule has 0 bridgehead atoms. The Morgan fingerprint density at radius 2 is 0.822 bits per heavy atom. The lowest BCUT2D eigenvalue weighted by atomic mass is 10.0. The number of rotatable bonds is 9. The van der Waals surface area contributed by atoms with Crippen LogP contribution in [0.4, 0.5) is 38.9 Å². The molecular weight excluding hydrogens is 1180 g/mol. The molecule has 0 aliphatic rings. The van der Waals surface area contributed by atoms with Gasteiger partial charge in [-0.3, -0.25) is 20.4 Å². The monoisotopic (exact) mass is 1230 g/mol. The first-order chi connectivity index (χ1) is 44.2. The van der Waals surface area contributed by atoms with Gasteiger partial charge in [0.15, 0.2) is 22.6 Å². The summed E-state index contributed by atoms with van der Waals surface area (Å²) < 4.78 is 13.5. The van der Waals surface area contributed by atoms with Crippen LogP contribution in [0.25, 0.3) is 99.5 Å². The van der Waals surface area contributed by atoms with Crippen molar-refractivity contribution in [2.24, 2.45) is 0 Å². The van der Waals surface area contributed by atoms with Gasteiger partial charge in [-0.1, -0.05) is 47.5 Å². The van der Waals surface area contributed by atoms with Crippen molar-refractivity contribution in [2.75, 3.05) is 16.0 Å². The van der Waals surface area contributed by atoms with Crippen LogP contribution >= 0.6 is 23.2 Å². The molecule has 0 atom stereocenters. The molecule has 16 rings (SSSR count). The number of aryl methyl sites for hydroxylation is 2. The summed E-state index contributed by atoms with van der Waals surface area (Å²) in [4.78, 5) is 54.7. The highest BCUT2D eigenvalue weighted by atomic mass is 35.5. The van der Waals surface area contributed by atoms with E-state index in [9.17, 15) is 4.39 Å². The molecule has 13 heterocycles. The van der Waals surface area contributed by atoms with E-state index < -0.39 is 5.95 Å². The summed E-state index contributed by atoms with van der Waals surface area (Å²) in [5.74, 6) is 1.53. The third-order valence-electron chi connectivity index (χ3n) is 14.1. The molecule has 16 aromatic rings. The highest BCUT2D eigenvalue weighted by Crippen LogP contribution is 2.39. The minimum absolute atomic E-state index is 0.344. The second-order valence-corrected chi connectivity index (χ2v) is 20.2. The Bertz CT molecular complexity index is 5320. The number of halogens is 3. The molecule has 25 nitrogen and oxygen atoms in total. The quantitative estimate of drug-likeness (QED) is 0.0521. The standard InChI is InChI=1S/C27H19N9.C20H14ClN7.C10H6FN5.C5H3ClN4/c1-16-4-9-20-19(10-12-30-25(20)34-18-7-5-17(13-28)6-8-18)23(16)35-26-21(3-2-11-29-26)24-22-14-33-36-27(22)32-15-31-24;1-11-4-5-13-12(6-8-22-18(13)21)16(11)27-19-14(3-2-7-23-19)17-15-9-26-28-20(15)25-10-24-17;11-9-6(2-1-3-12-9)8-7-4-15-16-10(7)14-5-13-8;6-4-3-1-9-10-5(3)8-2-7-4/h2-12,14-15H,1H3,(H,29,35)(H,30,34)(H,31,32,33,36);2-10H,1H3,(H,23,27)(H,24,25,26,28);1-5H,(H,13,14,15,16);1-2H,(H,7,8,9,10). The lowest BCUT2D eigenvalue weighted by Crippen LogP contribution is -2.01. The minimum Gasteiger partial charge on any atom is -0.340 e. The largest absolute Gasteiger partial charge is 0.340 e. The van der Waals surface area contributed by atoms with Crippen molar-refractivity contribution in [3.8, 4) is 39.8 Å². The van der Waals surface area contributed by atoms with Crippen molar-refractivity contribution in [3.63, 3.8) is 0 Å². The summed E-state index contributed by atoms with van der Waals surface area (Å²) in [6.07, 6.45) is 20.8. The van der Waals surface area contributed by atoms with Gasteiger partial charge in [-0.15, -0.1) is 0 Å². The van der Waals surface area contributed by atoms with Gasteiger partial charge in [-0.2, -0.15) is 30.0 Å². The predicted molar refractivity (Wildman–Crippen MR) is 340 cm³/mol. The van der Waals surface area contributed by atoms with Crippen molar-refractivity contribution in [1.29, 1.82) is 5.26 Å². The van der Waals surface area contributed by atoms with Gasteiger partial charge in [0, 0.05) is 69.3 Å². The molecule has 28 heteroatoms. The molecule has 3 aromatic carbocycles. The number of H-pyrrole nitrogens is 4. The predicted octanol–water partition coefficient (Wildman–Crippen LogP) is 12.9. The maximum Gasteiger partial charge on any atom is 0.222 e. The van der Waals surface area contributed by atoms with Crippen LogP contribution in [0.1, 0.15) is 16.7 Å². The summed E-state index contributed by atoms with van der Waals surface area (Å²) in [5, 5.41) is 54.2. The molecule has 0 saturated heterocycles. The summed E-state index contributed by atoms with van der Waals surface area (Å²) in [6, 6.07) is 32.4. The first-order valence-corrected chi connectivity index (χ1v) is 27.9. The normalized spacial score (nSPS) is 10.9. The molecule has 7 N–H and O–H groups in total. The highest BCUT2D eigenvalue weighted by Gasteiger charge is 2.19. The zero-order valence-corrected chi connectivity index (χ0v) is 48.4. The van der Waals surface area contributed by atoms with E-state index in [4.69, 9.17) is 28.5 Å². The zero-order valence-electron chi connectivity index (χ0n) is 46.9. The average Bonchev–Trinajstić information content (AvgIpc) is 1.18. The van der Waals surface area contributed by atoms with Crippen molar-refractivity contribution >= 4 is 123 Å². The second-order valence-electron chi connectivity index (χ2n) is 19.5. The zero-order chi connectivity index (χ0) is 61.5. The van der Waals surface area contributed by atoms with Crippen molar-refractivity contribution in [1.82, 2.24) is 106 Å². The Labute approximate surface area is 516 Å². The van der Waals surface area contributed by atoms with Crippen LogP contribution in [0, 0.1) is 31.1 Å². The van der Waals surface area contributed by atoms with Gasteiger partial charge in [-0.05, 0) is 97.8 Å². The number of nitrogens with one attached hydrogen (secondary N) is 7. The van der Waals surface area contributed by atoms with Gasteiger partial charge >= 0.3 is 0 Å². The number of hydrogen-bond donors (Lipinski definition) is 7. The lowest BCUT2D eigenvalue weighted by Gasteiger charge is -2.17. The fourth-order valence-electron chi connectivity index (χ4n) is 9.75. The van der Waals surface area contributed by atoms with E-state index in [2.05, 4.69) is 141 Å². The van der Waals surface area contributed by atoms with Gasteiger partial charge in [0.25, 0.3) is 0 Å². The van der Waals surface area contributed by atoms with Crippen molar-refractivity contribution < 1.29 is 4.39 Å². The summed E-state index contributed by atoms with van der Waals surface area (Å²) in [5.41, 5.74) is 12.1. The summed E-state index contributed by atoms with van der Waals surface area (Å²) in [6.45, 7) is 4.09. The number of aromatic amines is 4. The summed E-state index contributed by atoms with van der Waals surface area (Å²) >= 11 is 12.0. The van der Waals surface area contributed by atoms with Crippen molar-refractivity contribution in [3.05, 3.63) is 211 Å². The van der Waals surface area contributed by atoms with Crippen LogP contribution in [-0.4, -0.2) is 106 Å². The lowest BCUT2D eigenvalue weighted by molar-refractivity contribution is 0.587. The van der Waals surface area contributed by atoms with E-state index in [-0.39, 0.29) is 0 Å². The number of pyridine rings is 5. The van der Waals surface area contributed by atoms with E-state index in [1.807, 2.05) is 73.7 Å². The number of nitriles is 1. The van der Waals surface area contributed by atoms with Gasteiger partial charge in [-0.25, -0.2) is 64.8 Å².